The number of furan rings is 1. The van der Waals surface area contributed by atoms with Crippen LogP contribution in [0.25, 0.3) is 10.1 Å². The molecule has 1 N–H and O–H groups in total. The number of amides is 1. The second kappa shape index (κ2) is 4.66. The first-order valence-corrected chi connectivity index (χ1v) is 6.49. The van der Waals surface area contributed by atoms with E-state index < -0.39 is 0 Å². The number of carbonyl (C=O) groups excluding carboxylic acids is 1. The van der Waals surface area contributed by atoms with Gasteiger partial charge in [-0.2, -0.15) is 0 Å². The van der Waals surface area contributed by atoms with Crippen LogP contribution in [0, 0.1) is 0 Å². The van der Waals surface area contributed by atoms with Crippen molar-refractivity contribution in [3.63, 3.8) is 0 Å². The number of thiophene rings is 1. The van der Waals surface area contributed by atoms with Gasteiger partial charge in [-0.3, -0.25) is 4.79 Å². The van der Waals surface area contributed by atoms with E-state index in [1.54, 1.807) is 23.7 Å². The third-order valence-corrected chi connectivity index (χ3v) is 3.60. The lowest BCUT2D eigenvalue weighted by atomic mass is 10.1. The standard InChI is InChI=1S/C14H11NO2S/c16-14(15-9-12-2-1-6-17-12)11-4-3-10-5-7-18-13(10)8-11/h1-8H,9H2,(H,15,16). The van der Waals surface area contributed by atoms with Gasteiger partial charge in [-0.15, -0.1) is 11.3 Å². The Kier molecular flexibility index (Phi) is 2.86. The molecule has 3 rings (SSSR count). The van der Waals surface area contributed by atoms with E-state index in [4.69, 9.17) is 4.42 Å². The first-order valence-electron chi connectivity index (χ1n) is 5.61. The van der Waals surface area contributed by atoms with E-state index in [0.717, 1.165) is 10.5 Å². The summed E-state index contributed by atoms with van der Waals surface area (Å²) in [4.78, 5) is 12.0. The summed E-state index contributed by atoms with van der Waals surface area (Å²) >= 11 is 1.64. The van der Waals surface area contributed by atoms with E-state index in [1.807, 2.05) is 35.7 Å². The molecule has 4 heteroatoms. The molecule has 0 spiro atoms. The van der Waals surface area contributed by atoms with Crippen molar-refractivity contribution in [1.29, 1.82) is 0 Å². The molecule has 90 valence electrons. The number of hydrogen-bond acceptors (Lipinski definition) is 3. The molecule has 0 unspecified atom stereocenters. The van der Waals surface area contributed by atoms with Crippen molar-refractivity contribution < 1.29 is 9.21 Å². The zero-order chi connectivity index (χ0) is 12.4. The van der Waals surface area contributed by atoms with E-state index in [2.05, 4.69) is 5.32 Å². The highest BCUT2D eigenvalue weighted by atomic mass is 32.1. The lowest BCUT2D eigenvalue weighted by Crippen LogP contribution is -2.22. The molecule has 3 nitrogen and oxygen atoms in total. The predicted molar refractivity (Wildman–Crippen MR) is 71.7 cm³/mol. The molecule has 0 radical (unpaired) electrons. The van der Waals surface area contributed by atoms with Crippen molar-refractivity contribution in [2.24, 2.45) is 0 Å². The van der Waals surface area contributed by atoms with E-state index in [0.29, 0.717) is 12.1 Å². The van der Waals surface area contributed by atoms with Gasteiger partial charge in [0.05, 0.1) is 12.8 Å². The van der Waals surface area contributed by atoms with Crippen LogP contribution in [0.15, 0.2) is 52.5 Å². The predicted octanol–water partition coefficient (Wildman–Crippen LogP) is 3.42. The zero-order valence-electron chi connectivity index (χ0n) is 9.55. The van der Waals surface area contributed by atoms with Gasteiger partial charge in [-0.25, -0.2) is 0 Å². The van der Waals surface area contributed by atoms with Crippen LogP contribution in [-0.4, -0.2) is 5.91 Å². The summed E-state index contributed by atoms with van der Waals surface area (Å²) in [6.45, 7) is 0.411. The molecule has 2 heterocycles. The van der Waals surface area contributed by atoms with E-state index >= 15 is 0 Å². The molecule has 0 aliphatic rings. The summed E-state index contributed by atoms with van der Waals surface area (Å²) < 4.78 is 6.29. The van der Waals surface area contributed by atoms with E-state index in [-0.39, 0.29) is 5.91 Å². The molecule has 1 aromatic carbocycles. The summed E-state index contributed by atoms with van der Waals surface area (Å²) in [5, 5.41) is 6.02. The van der Waals surface area contributed by atoms with Crippen LogP contribution in [-0.2, 0) is 6.54 Å². The molecule has 0 atom stereocenters. The third-order valence-electron chi connectivity index (χ3n) is 2.72. The number of benzene rings is 1. The van der Waals surface area contributed by atoms with Crippen molar-refractivity contribution in [2.75, 3.05) is 0 Å². The minimum absolute atomic E-state index is 0.0818. The number of nitrogens with one attached hydrogen (secondary N) is 1. The van der Waals surface area contributed by atoms with Gasteiger partial charge < -0.3 is 9.73 Å². The maximum Gasteiger partial charge on any atom is 0.251 e. The summed E-state index contributed by atoms with van der Waals surface area (Å²) in [6, 6.07) is 11.4. The highest BCUT2D eigenvalue weighted by molar-refractivity contribution is 7.17. The van der Waals surface area contributed by atoms with Crippen molar-refractivity contribution >= 4 is 27.3 Å². The Balaban J connectivity index is 1.75. The lowest BCUT2D eigenvalue weighted by Gasteiger charge is -2.03. The third kappa shape index (κ3) is 2.15. The molecule has 1 amide bonds. The molecular weight excluding hydrogens is 246 g/mol. The van der Waals surface area contributed by atoms with Crippen molar-refractivity contribution in [1.82, 2.24) is 5.32 Å². The van der Waals surface area contributed by atoms with E-state index in [9.17, 15) is 4.79 Å². The number of rotatable bonds is 3. The molecule has 0 aliphatic carbocycles. The second-order valence-corrected chi connectivity index (χ2v) is 4.88. The lowest BCUT2D eigenvalue weighted by molar-refractivity contribution is 0.0948. The second-order valence-electron chi connectivity index (χ2n) is 3.94. The van der Waals surface area contributed by atoms with Gasteiger partial charge in [-0.1, -0.05) is 6.07 Å². The first kappa shape index (κ1) is 11.0. The largest absolute Gasteiger partial charge is 0.467 e. The van der Waals surface area contributed by atoms with Crippen LogP contribution in [0.3, 0.4) is 0 Å². The molecule has 0 fully saturated rings. The molecule has 3 aromatic rings. The molecule has 0 aliphatic heterocycles. The van der Waals surface area contributed by atoms with Crippen LogP contribution in [0.2, 0.25) is 0 Å². The minimum Gasteiger partial charge on any atom is -0.467 e. The Morgan fingerprint density at radius 2 is 2.22 bits per heavy atom. The fourth-order valence-corrected chi connectivity index (χ4v) is 2.61. The number of carbonyl (C=O) groups is 1. The molecule has 0 saturated carbocycles. The minimum atomic E-state index is -0.0818. The zero-order valence-corrected chi connectivity index (χ0v) is 10.4. The molecule has 2 aromatic heterocycles. The molecular formula is C14H11NO2S. The number of hydrogen-bond donors (Lipinski definition) is 1. The van der Waals surface area contributed by atoms with E-state index in [1.165, 1.54) is 5.39 Å². The van der Waals surface area contributed by atoms with Crippen molar-refractivity contribution in [3.05, 3.63) is 59.4 Å². The van der Waals surface area contributed by atoms with Crippen molar-refractivity contribution in [3.8, 4) is 0 Å². The smallest absolute Gasteiger partial charge is 0.251 e. The molecule has 0 saturated heterocycles. The Morgan fingerprint density at radius 1 is 1.28 bits per heavy atom. The van der Waals surface area contributed by atoms with Crippen LogP contribution in [0.4, 0.5) is 0 Å². The van der Waals surface area contributed by atoms with Gasteiger partial charge in [0, 0.05) is 10.3 Å². The highest BCUT2D eigenvalue weighted by Gasteiger charge is 2.07. The number of fused-ring (bicyclic) bond motifs is 1. The van der Waals surface area contributed by atoms with Gasteiger partial charge in [-0.05, 0) is 41.1 Å². The highest BCUT2D eigenvalue weighted by Crippen LogP contribution is 2.21. The molecule has 0 bridgehead atoms. The Hall–Kier alpha value is -2.07. The van der Waals surface area contributed by atoms with Crippen LogP contribution in [0.5, 0.6) is 0 Å². The van der Waals surface area contributed by atoms with Crippen molar-refractivity contribution in [2.45, 2.75) is 6.54 Å². The van der Waals surface area contributed by atoms with Gasteiger partial charge >= 0.3 is 0 Å². The van der Waals surface area contributed by atoms with Crippen LogP contribution in [0.1, 0.15) is 16.1 Å². The maximum absolute atomic E-state index is 12.0. The first-order chi connectivity index (χ1) is 8.83. The summed E-state index contributed by atoms with van der Waals surface area (Å²) in [6.07, 6.45) is 1.60. The SMILES string of the molecule is O=C(NCc1ccco1)c1ccc2ccsc2c1. The Bertz CT molecular complexity index is 670. The molecule has 18 heavy (non-hydrogen) atoms. The summed E-state index contributed by atoms with van der Waals surface area (Å²) in [5.41, 5.74) is 0.677. The Morgan fingerprint density at radius 3 is 3.06 bits per heavy atom. The summed E-state index contributed by atoms with van der Waals surface area (Å²) in [7, 11) is 0. The monoisotopic (exact) mass is 257 g/mol. The maximum atomic E-state index is 12.0. The fraction of sp³-hybridized carbons (Fsp3) is 0.0714. The fourth-order valence-electron chi connectivity index (χ4n) is 1.78. The van der Waals surface area contributed by atoms with Crippen LogP contribution < -0.4 is 5.32 Å². The topological polar surface area (TPSA) is 42.2 Å². The van der Waals surface area contributed by atoms with Gasteiger partial charge in [0.2, 0.25) is 0 Å². The average Bonchev–Trinajstić information content (AvgIpc) is 3.05. The quantitative estimate of drug-likeness (QED) is 0.781. The normalized spacial score (nSPS) is 10.7. The van der Waals surface area contributed by atoms with Gasteiger partial charge in [0.25, 0.3) is 5.91 Å². The Labute approximate surface area is 108 Å². The summed E-state index contributed by atoms with van der Waals surface area (Å²) in [5.74, 6) is 0.669. The average molecular weight is 257 g/mol. The van der Waals surface area contributed by atoms with Gasteiger partial charge in [0.1, 0.15) is 5.76 Å². The van der Waals surface area contributed by atoms with Crippen LogP contribution >= 0.6 is 11.3 Å². The van der Waals surface area contributed by atoms with Gasteiger partial charge in [0.15, 0.2) is 0 Å².